The fraction of sp³-hybridized carbons (Fsp3) is 0.938. The molecule has 3 nitrogen and oxygen atoms in total. The smallest absolute Gasteiger partial charge is 0.107 e. The minimum atomic E-state index is -0.585. The normalized spacial score (nSPS) is 35.2. The first kappa shape index (κ1) is 14.8. The van der Waals surface area contributed by atoms with Gasteiger partial charge in [0.2, 0.25) is 0 Å². The average molecular weight is 264 g/mol. The van der Waals surface area contributed by atoms with Crippen molar-refractivity contribution in [1.29, 1.82) is 5.26 Å². The van der Waals surface area contributed by atoms with Crippen molar-refractivity contribution in [2.75, 3.05) is 6.61 Å². The summed E-state index contributed by atoms with van der Waals surface area (Å²) in [6, 6.07) is 2.31. The van der Waals surface area contributed by atoms with Crippen LogP contribution in [0.3, 0.4) is 0 Å². The highest BCUT2D eigenvalue weighted by Gasteiger charge is 2.39. The van der Waals surface area contributed by atoms with Crippen LogP contribution in [0.25, 0.3) is 0 Å². The summed E-state index contributed by atoms with van der Waals surface area (Å²) in [6.07, 6.45) is 9.31. The van der Waals surface area contributed by atoms with Gasteiger partial charge in [-0.1, -0.05) is 20.3 Å². The molecule has 2 saturated carbocycles. The van der Waals surface area contributed by atoms with E-state index in [-0.39, 0.29) is 0 Å². The molecule has 0 radical (unpaired) electrons. The van der Waals surface area contributed by atoms with Crippen molar-refractivity contribution >= 4 is 0 Å². The maximum Gasteiger partial charge on any atom is 0.107 e. The van der Waals surface area contributed by atoms with Crippen LogP contribution in [0.1, 0.15) is 65.2 Å². The van der Waals surface area contributed by atoms with Gasteiger partial charge in [-0.15, -0.1) is 0 Å². The third kappa shape index (κ3) is 3.70. The Hall–Kier alpha value is -0.590. The van der Waals surface area contributed by atoms with E-state index in [0.29, 0.717) is 17.4 Å². The Morgan fingerprint density at radius 2 is 1.89 bits per heavy atom. The summed E-state index contributed by atoms with van der Waals surface area (Å²) in [6.45, 7) is 5.46. The number of nitrogens with zero attached hydrogens (tertiary/aromatic N) is 1. The van der Waals surface area contributed by atoms with E-state index in [1.54, 1.807) is 0 Å². The molecule has 2 aliphatic rings. The molecule has 0 aromatic heterocycles. The van der Waals surface area contributed by atoms with E-state index in [2.05, 4.69) is 19.9 Å². The molecule has 0 amide bonds. The summed E-state index contributed by atoms with van der Waals surface area (Å²) >= 11 is 0. The third-order valence-corrected chi connectivity index (χ3v) is 5.19. The number of nitrogens with two attached hydrogens (primary N) is 1. The van der Waals surface area contributed by atoms with E-state index in [1.807, 2.05) is 0 Å². The minimum absolute atomic E-state index is 0.331. The number of nitriles is 1. The van der Waals surface area contributed by atoms with Gasteiger partial charge >= 0.3 is 0 Å². The topological polar surface area (TPSA) is 59.0 Å². The van der Waals surface area contributed by atoms with Gasteiger partial charge in [-0.3, -0.25) is 0 Å². The molecule has 0 spiro atoms. The molecule has 2 unspecified atom stereocenters. The van der Waals surface area contributed by atoms with Crippen LogP contribution in [-0.2, 0) is 4.74 Å². The van der Waals surface area contributed by atoms with Crippen LogP contribution in [0, 0.1) is 22.7 Å². The number of rotatable bonds is 4. The Labute approximate surface area is 117 Å². The highest BCUT2D eigenvalue weighted by atomic mass is 16.5. The molecule has 2 fully saturated rings. The van der Waals surface area contributed by atoms with Gasteiger partial charge in [-0.25, -0.2) is 0 Å². The summed E-state index contributed by atoms with van der Waals surface area (Å²) in [5.74, 6) is 0.331. The summed E-state index contributed by atoms with van der Waals surface area (Å²) in [4.78, 5) is 0. The molecule has 108 valence electrons. The highest BCUT2D eigenvalue weighted by molar-refractivity contribution is 5.11. The van der Waals surface area contributed by atoms with Gasteiger partial charge in [0.1, 0.15) is 5.54 Å². The van der Waals surface area contributed by atoms with E-state index in [4.69, 9.17) is 10.5 Å². The van der Waals surface area contributed by atoms with Gasteiger partial charge in [-0.2, -0.15) is 5.26 Å². The van der Waals surface area contributed by atoms with Crippen LogP contribution >= 0.6 is 0 Å². The lowest BCUT2D eigenvalue weighted by Crippen LogP contribution is -2.42. The van der Waals surface area contributed by atoms with Crippen molar-refractivity contribution in [2.24, 2.45) is 17.1 Å². The summed E-state index contributed by atoms with van der Waals surface area (Å²) in [5, 5.41) is 9.19. The second-order valence-electron chi connectivity index (χ2n) is 7.26. The standard InChI is InChI=1S/C16H28N2O/c1-15(2)9-5-14(6-10-15)19-11-7-13-4-3-8-16(13,18)12-17/h13-14H,3-11,18H2,1-2H3. The minimum Gasteiger partial charge on any atom is -0.378 e. The molecule has 0 aliphatic heterocycles. The molecule has 0 heterocycles. The quantitative estimate of drug-likeness (QED) is 0.846. The number of hydrogen-bond acceptors (Lipinski definition) is 3. The molecule has 0 aromatic rings. The summed E-state index contributed by atoms with van der Waals surface area (Å²) < 4.78 is 6.01. The maximum absolute atomic E-state index is 9.19. The zero-order valence-corrected chi connectivity index (χ0v) is 12.5. The van der Waals surface area contributed by atoms with Crippen molar-refractivity contribution in [2.45, 2.75) is 76.9 Å². The third-order valence-electron chi connectivity index (χ3n) is 5.19. The van der Waals surface area contributed by atoms with Crippen LogP contribution in [-0.4, -0.2) is 18.2 Å². The van der Waals surface area contributed by atoms with Gasteiger partial charge in [-0.05, 0) is 56.3 Å². The van der Waals surface area contributed by atoms with E-state index in [1.165, 1.54) is 25.7 Å². The van der Waals surface area contributed by atoms with Crippen LogP contribution in [0.2, 0.25) is 0 Å². The first-order chi connectivity index (χ1) is 8.95. The predicted octanol–water partition coefficient (Wildman–Crippen LogP) is 3.38. The number of hydrogen-bond donors (Lipinski definition) is 1. The van der Waals surface area contributed by atoms with E-state index in [0.717, 1.165) is 32.3 Å². The first-order valence-electron chi connectivity index (χ1n) is 7.77. The molecule has 2 aliphatic carbocycles. The Morgan fingerprint density at radius 3 is 2.53 bits per heavy atom. The van der Waals surface area contributed by atoms with Crippen LogP contribution in [0.15, 0.2) is 0 Å². The molecular formula is C16H28N2O. The van der Waals surface area contributed by atoms with E-state index >= 15 is 0 Å². The Balaban J connectivity index is 1.69. The van der Waals surface area contributed by atoms with Crippen molar-refractivity contribution in [1.82, 2.24) is 0 Å². The summed E-state index contributed by atoms with van der Waals surface area (Å²) in [7, 11) is 0. The monoisotopic (exact) mass is 264 g/mol. The lowest BCUT2D eigenvalue weighted by atomic mass is 9.76. The lowest BCUT2D eigenvalue weighted by molar-refractivity contribution is -0.00250. The van der Waals surface area contributed by atoms with Crippen molar-refractivity contribution in [3.05, 3.63) is 0 Å². The Kier molecular flexibility index (Phi) is 4.53. The zero-order chi connectivity index (χ0) is 13.9. The predicted molar refractivity (Wildman–Crippen MR) is 76.5 cm³/mol. The summed E-state index contributed by atoms with van der Waals surface area (Å²) in [5.41, 5.74) is 6.05. The molecule has 0 bridgehead atoms. The van der Waals surface area contributed by atoms with Gasteiger partial charge in [0.05, 0.1) is 12.2 Å². The molecule has 0 saturated heterocycles. The van der Waals surface area contributed by atoms with E-state index < -0.39 is 5.54 Å². The SMILES string of the molecule is CC1(C)CCC(OCCC2CCCC2(N)C#N)CC1. The molecule has 2 rings (SSSR count). The van der Waals surface area contributed by atoms with Crippen molar-refractivity contribution in [3.8, 4) is 6.07 Å². The van der Waals surface area contributed by atoms with Gasteiger partial charge in [0.15, 0.2) is 0 Å². The fourth-order valence-corrected chi connectivity index (χ4v) is 3.57. The van der Waals surface area contributed by atoms with E-state index in [9.17, 15) is 5.26 Å². The van der Waals surface area contributed by atoms with Crippen LogP contribution < -0.4 is 5.73 Å². The zero-order valence-electron chi connectivity index (χ0n) is 12.5. The second kappa shape index (κ2) is 5.81. The number of ether oxygens (including phenoxy) is 1. The molecule has 2 N–H and O–H groups in total. The fourth-order valence-electron chi connectivity index (χ4n) is 3.57. The molecule has 19 heavy (non-hydrogen) atoms. The highest BCUT2D eigenvalue weighted by Crippen LogP contribution is 2.38. The van der Waals surface area contributed by atoms with Crippen LogP contribution in [0.5, 0.6) is 0 Å². The van der Waals surface area contributed by atoms with Crippen molar-refractivity contribution < 1.29 is 4.74 Å². The average Bonchev–Trinajstić information content (AvgIpc) is 2.74. The molecule has 2 atom stereocenters. The molecular weight excluding hydrogens is 236 g/mol. The van der Waals surface area contributed by atoms with Gasteiger partial charge < -0.3 is 10.5 Å². The van der Waals surface area contributed by atoms with Gasteiger partial charge in [0, 0.05) is 6.61 Å². The molecule has 0 aromatic carbocycles. The molecule has 3 heteroatoms. The second-order valence-corrected chi connectivity index (χ2v) is 7.26. The Bertz CT molecular complexity index is 337. The lowest BCUT2D eigenvalue weighted by Gasteiger charge is -2.34. The van der Waals surface area contributed by atoms with Gasteiger partial charge in [0.25, 0.3) is 0 Å². The largest absolute Gasteiger partial charge is 0.378 e. The first-order valence-corrected chi connectivity index (χ1v) is 7.77. The van der Waals surface area contributed by atoms with Crippen molar-refractivity contribution in [3.63, 3.8) is 0 Å². The maximum atomic E-state index is 9.19. The Morgan fingerprint density at radius 1 is 1.21 bits per heavy atom. The van der Waals surface area contributed by atoms with Crippen LogP contribution in [0.4, 0.5) is 0 Å².